The molecule has 0 saturated carbocycles. The molecule has 0 bridgehead atoms. The Labute approximate surface area is 124 Å². The van der Waals surface area contributed by atoms with Gasteiger partial charge in [0.1, 0.15) is 40.4 Å². The van der Waals surface area contributed by atoms with Crippen LogP contribution in [-0.4, -0.2) is 22.6 Å². The van der Waals surface area contributed by atoms with Crippen LogP contribution in [0.5, 0.6) is 0 Å². The van der Waals surface area contributed by atoms with Gasteiger partial charge in [-0.1, -0.05) is 0 Å². The lowest BCUT2D eigenvalue weighted by Crippen LogP contribution is -2.04. The molecule has 0 atom stereocenters. The van der Waals surface area contributed by atoms with Crippen LogP contribution in [0.15, 0.2) is 4.42 Å². The third-order valence-electron chi connectivity index (χ3n) is 3.31. The third-order valence-corrected chi connectivity index (χ3v) is 3.31. The lowest BCUT2D eigenvalue weighted by molar-refractivity contribution is 0.494. The Kier molecular flexibility index (Phi) is 3.89. The van der Waals surface area contributed by atoms with Crippen molar-refractivity contribution in [2.24, 2.45) is 7.05 Å². The lowest BCUT2D eigenvalue weighted by atomic mass is 10.1. The highest BCUT2D eigenvalue weighted by atomic mass is 16.4. The quantitative estimate of drug-likeness (QED) is 0.489. The van der Waals surface area contributed by atoms with Gasteiger partial charge in [-0.3, -0.25) is 0 Å². The maximum Gasteiger partial charge on any atom is 0.374 e. The predicted molar refractivity (Wildman–Crippen MR) is 77.9 cm³/mol. The van der Waals surface area contributed by atoms with Crippen LogP contribution in [0.25, 0.3) is 11.3 Å². The van der Waals surface area contributed by atoms with Gasteiger partial charge in [-0.05, 0) is 20.8 Å². The van der Waals surface area contributed by atoms with Crippen molar-refractivity contribution in [3.05, 3.63) is 34.6 Å². The highest BCUT2D eigenvalue weighted by Crippen LogP contribution is 2.30. The topological polar surface area (TPSA) is 76.9 Å². The highest BCUT2D eigenvalue weighted by molar-refractivity contribution is 6.06. The van der Waals surface area contributed by atoms with Crippen LogP contribution in [0.1, 0.15) is 34.6 Å². The first-order valence-electron chi connectivity index (χ1n) is 6.36. The Bertz CT molecular complexity index is 765. The highest BCUT2D eigenvalue weighted by Gasteiger charge is 2.22. The van der Waals surface area contributed by atoms with Gasteiger partial charge in [-0.25, -0.2) is 9.97 Å². The van der Waals surface area contributed by atoms with Crippen molar-refractivity contribution < 1.29 is 9.07 Å². The Balaban J connectivity index is 2.77. The summed E-state index contributed by atoms with van der Waals surface area (Å²) >= 11 is 0. The van der Waals surface area contributed by atoms with Crippen LogP contribution in [-0.2, 0) is 11.7 Å². The van der Waals surface area contributed by atoms with Crippen LogP contribution >= 0.6 is 0 Å². The van der Waals surface area contributed by atoms with Crippen LogP contribution in [0.4, 0.5) is 0 Å². The first-order chi connectivity index (χ1) is 9.90. The maximum atomic E-state index is 9.51. The number of rotatable bonds is 3. The van der Waals surface area contributed by atoms with E-state index in [9.17, 15) is 5.26 Å². The molecule has 0 fully saturated rings. The molecule has 2 aromatic rings. The van der Waals surface area contributed by atoms with E-state index < -0.39 is 0 Å². The third kappa shape index (κ3) is 2.45. The molecule has 2 heterocycles. The van der Waals surface area contributed by atoms with E-state index in [0.717, 1.165) is 11.5 Å². The van der Waals surface area contributed by atoms with E-state index in [0.29, 0.717) is 23.0 Å². The normalized spacial score (nSPS) is 12.0. The number of hydrogen-bond acceptors (Lipinski definition) is 5. The fourth-order valence-electron chi connectivity index (χ4n) is 2.30. The summed E-state index contributed by atoms with van der Waals surface area (Å²) in [7, 11) is 7.25. The fourth-order valence-corrected chi connectivity index (χ4v) is 2.30. The van der Waals surface area contributed by atoms with Crippen molar-refractivity contribution in [3.63, 3.8) is 0 Å². The van der Waals surface area contributed by atoms with Gasteiger partial charge in [-0.2, -0.15) is 5.26 Å². The van der Waals surface area contributed by atoms with E-state index in [1.807, 2.05) is 25.5 Å². The molecule has 7 heteroatoms. The number of aryl methyl sites for hydroxylation is 4. The number of nitrogens with zero attached hydrogens (tertiary/aromatic N) is 4. The van der Waals surface area contributed by atoms with E-state index in [1.165, 1.54) is 0 Å². The maximum absolute atomic E-state index is 9.51. The van der Waals surface area contributed by atoms with Crippen LogP contribution in [0.3, 0.4) is 0 Å². The standard InChI is InChI=1S/C14H15BN4O2/c1-7-13(19(5)9(3)17-7)14(21-15)11(6-16)12-8(2)20-10(4)18-12/h1-5H3. The molecule has 2 radical (unpaired) electrons. The largest absolute Gasteiger partial charge is 0.565 e. The smallest absolute Gasteiger partial charge is 0.374 e. The van der Waals surface area contributed by atoms with Crippen molar-refractivity contribution >= 4 is 19.4 Å². The van der Waals surface area contributed by atoms with Crippen molar-refractivity contribution in [2.45, 2.75) is 27.7 Å². The SMILES string of the molecule is [B]OC(=C(C#N)c1nc(C)oc1C)c1c(C)nc(C)n1C. The molecule has 0 saturated heterocycles. The summed E-state index contributed by atoms with van der Waals surface area (Å²) in [5.41, 5.74) is 2.01. The van der Waals surface area contributed by atoms with E-state index >= 15 is 0 Å². The average molecular weight is 282 g/mol. The first kappa shape index (κ1) is 14.9. The molecule has 0 aliphatic heterocycles. The minimum absolute atomic E-state index is 0.220. The number of oxazole rings is 1. The first-order valence-corrected chi connectivity index (χ1v) is 6.36. The average Bonchev–Trinajstić information content (AvgIpc) is 2.88. The van der Waals surface area contributed by atoms with E-state index in [4.69, 9.17) is 17.1 Å². The van der Waals surface area contributed by atoms with Crippen molar-refractivity contribution in [3.8, 4) is 6.07 Å². The molecule has 0 unspecified atom stereocenters. The van der Waals surface area contributed by atoms with E-state index in [1.54, 1.807) is 13.8 Å². The lowest BCUT2D eigenvalue weighted by Gasteiger charge is -2.11. The molecule has 2 aromatic heterocycles. The molecular weight excluding hydrogens is 267 g/mol. The Morgan fingerprint density at radius 3 is 2.33 bits per heavy atom. The molecule has 2 rings (SSSR count). The van der Waals surface area contributed by atoms with E-state index in [-0.39, 0.29) is 11.3 Å². The minimum atomic E-state index is 0.220. The second kappa shape index (κ2) is 5.48. The van der Waals surface area contributed by atoms with Gasteiger partial charge in [-0.15, -0.1) is 0 Å². The second-order valence-electron chi connectivity index (χ2n) is 4.72. The number of imidazole rings is 1. The number of allylic oxidation sites excluding steroid dienone is 1. The predicted octanol–water partition coefficient (Wildman–Crippen LogP) is 2.13. The van der Waals surface area contributed by atoms with Gasteiger partial charge in [0, 0.05) is 14.0 Å². The van der Waals surface area contributed by atoms with Crippen molar-refractivity contribution in [1.82, 2.24) is 14.5 Å². The summed E-state index contributed by atoms with van der Waals surface area (Å²) in [6.45, 7) is 7.15. The van der Waals surface area contributed by atoms with Crippen LogP contribution in [0.2, 0.25) is 0 Å². The molecule has 0 aliphatic rings. The summed E-state index contributed by atoms with van der Waals surface area (Å²) < 4.78 is 12.2. The Morgan fingerprint density at radius 1 is 1.29 bits per heavy atom. The summed E-state index contributed by atoms with van der Waals surface area (Å²) in [6.07, 6.45) is 0. The van der Waals surface area contributed by atoms with Crippen LogP contribution in [0, 0.1) is 39.0 Å². The van der Waals surface area contributed by atoms with Gasteiger partial charge in [0.25, 0.3) is 0 Å². The van der Waals surface area contributed by atoms with Gasteiger partial charge in [0.2, 0.25) is 0 Å². The fraction of sp³-hybridized carbons (Fsp3) is 0.357. The minimum Gasteiger partial charge on any atom is -0.565 e. The zero-order chi connectivity index (χ0) is 15.7. The zero-order valence-electron chi connectivity index (χ0n) is 12.7. The summed E-state index contributed by atoms with van der Waals surface area (Å²) in [4.78, 5) is 8.59. The van der Waals surface area contributed by atoms with Gasteiger partial charge in [0.05, 0.1) is 5.69 Å². The van der Waals surface area contributed by atoms with Gasteiger partial charge in [0.15, 0.2) is 5.89 Å². The van der Waals surface area contributed by atoms with Crippen LogP contribution < -0.4 is 0 Å². The van der Waals surface area contributed by atoms with E-state index in [2.05, 4.69) is 16.0 Å². The number of aromatic nitrogens is 3. The molecule has 0 aliphatic carbocycles. The summed E-state index contributed by atoms with van der Waals surface area (Å²) in [5, 5.41) is 9.51. The number of hydrogen-bond donors (Lipinski definition) is 0. The molecule has 21 heavy (non-hydrogen) atoms. The summed E-state index contributed by atoms with van der Waals surface area (Å²) in [5.74, 6) is 2.04. The molecule has 0 amide bonds. The monoisotopic (exact) mass is 282 g/mol. The molecule has 0 N–H and O–H groups in total. The zero-order valence-corrected chi connectivity index (χ0v) is 12.7. The summed E-state index contributed by atoms with van der Waals surface area (Å²) in [6, 6.07) is 2.10. The molecule has 0 aromatic carbocycles. The van der Waals surface area contributed by atoms with Gasteiger partial charge >= 0.3 is 8.05 Å². The Hall–Kier alpha value is -2.49. The molecule has 106 valence electrons. The number of nitriles is 1. The molecule has 6 nitrogen and oxygen atoms in total. The van der Waals surface area contributed by atoms with Crippen molar-refractivity contribution in [1.29, 1.82) is 5.26 Å². The Morgan fingerprint density at radius 2 is 1.95 bits per heavy atom. The van der Waals surface area contributed by atoms with Gasteiger partial charge < -0.3 is 13.6 Å². The van der Waals surface area contributed by atoms with Crippen molar-refractivity contribution in [2.75, 3.05) is 0 Å². The molecular formula is C14H15BN4O2. The molecule has 0 spiro atoms. The second-order valence-corrected chi connectivity index (χ2v) is 4.72.